The third kappa shape index (κ3) is 4.40. The minimum absolute atomic E-state index is 0.228. The van der Waals surface area contributed by atoms with Crippen molar-refractivity contribution in [3.05, 3.63) is 54.0 Å². The van der Waals surface area contributed by atoms with E-state index in [4.69, 9.17) is 5.73 Å². The number of hydrogen-bond donors (Lipinski definition) is 2. The molecule has 4 rings (SSSR count). The Morgan fingerprint density at radius 2 is 1.96 bits per heavy atom. The molecule has 3 aromatic heterocycles. The van der Waals surface area contributed by atoms with Gasteiger partial charge in [0.15, 0.2) is 11.5 Å². The molecule has 0 aliphatic carbocycles. The van der Waals surface area contributed by atoms with Gasteiger partial charge < -0.3 is 15.6 Å². The number of nitrogens with two attached hydrogens (primary N) is 1. The second-order valence-corrected chi connectivity index (χ2v) is 6.48. The van der Waals surface area contributed by atoms with Gasteiger partial charge in [0, 0.05) is 18.0 Å². The lowest BCUT2D eigenvalue weighted by molar-refractivity contribution is 0.340. The van der Waals surface area contributed by atoms with E-state index in [0.717, 1.165) is 36.1 Å². The van der Waals surface area contributed by atoms with Gasteiger partial charge in [-0.15, -0.1) is 0 Å². The van der Waals surface area contributed by atoms with Crippen LogP contribution in [0.3, 0.4) is 0 Å². The molecule has 0 aliphatic rings. The number of benzene rings is 1. The Hall–Kier alpha value is -3.13. The number of aromatic nitrogens is 5. The number of fused-ring (bicyclic) bond motifs is 2. The number of nitrogen functional groups attached to an aromatic ring is 1. The number of pyridine rings is 1. The quantitative estimate of drug-likeness (QED) is 0.563. The lowest BCUT2D eigenvalue weighted by Gasteiger charge is -2.16. The van der Waals surface area contributed by atoms with Crippen molar-refractivity contribution in [3.63, 3.8) is 0 Å². The molecule has 3 N–H and O–H groups in total. The van der Waals surface area contributed by atoms with E-state index in [9.17, 15) is 4.39 Å². The van der Waals surface area contributed by atoms with E-state index in [1.54, 1.807) is 6.07 Å². The third-order valence-electron chi connectivity index (χ3n) is 4.54. The van der Waals surface area contributed by atoms with E-state index in [-0.39, 0.29) is 5.82 Å². The van der Waals surface area contributed by atoms with Gasteiger partial charge in [0.25, 0.3) is 0 Å². The number of aromatic amines is 1. The predicted molar refractivity (Wildman–Crippen MR) is 109 cm³/mol. The maximum Gasteiger partial charge on any atom is 0.182 e. The standard InChI is InChI=1S/C15H19FN2.C5H5N5/c1-4-11-8-12-6-7-13(16)9-14(12)17-15(11)10-18(3)5-2;6-4-3-5(9-1-7-3)10-2-8-4/h6-9H,4-5,10H2,1-3H3;1-2H,(H3,6,7,8,9,10). The Labute approximate surface area is 162 Å². The Kier molecular flexibility index (Phi) is 6.10. The number of aryl methyl sites for hydroxylation is 1. The van der Waals surface area contributed by atoms with Gasteiger partial charge in [-0.1, -0.05) is 13.8 Å². The molecule has 7 nitrogen and oxygen atoms in total. The fourth-order valence-electron chi connectivity index (χ4n) is 2.82. The molecule has 146 valence electrons. The van der Waals surface area contributed by atoms with Crippen molar-refractivity contribution in [2.45, 2.75) is 26.8 Å². The highest BCUT2D eigenvalue weighted by molar-refractivity contribution is 5.80. The molecule has 0 spiro atoms. The molecule has 1 aromatic carbocycles. The van der Waals surface area contributed by atoms with Crippen molar-refractivity contribution in [3.8, 4) is 0 Å². The lowest BCUT2D eigenvalue weighted by Crippen LogP contribution is -2.18. The molecule has 0 atom stereocenters. The van der Waals surface area contributed by atoms with Crippen LogP contribution in [-0.2, 0) is 13.0 Å². The summed E-state index contributed by atoms with van der Waals surface area (Å²) >= 11 is 0. The van der Waals surface area contributed by atoms with Crippen LogP contribution in [-0.4, -0.2) is 43.4 Å². The van der Waals surface area contributed by atoms with Crippen molar-refractivity contribution in [1.82, 2.24) is 29.8 Å². The number of nitrogens with one attached hydrogen (secondary N) is 1. The normalized spacial score (nSPS) is 11.0. The molecule has 0 bridgehead atoms. The van der Waals surface area contributed by atoms with Crippen LogP contribution in [0.4, 0.5) is 10.2 Å². The molecule has 0 fully saturated rings. The van der Waals surface area contributed by atoms with Crippen LogP contribution in [0.15, 0.2) is 36.9 Å². The highest BCUT2D eigenvalue weighted by Crippen LogP contribution is 2.19. The van der Waals surface area contributed by atoms with Gasteiger partial charge in [0.2, 0.25) is 0 Å². The monoisotopic (exact) mass is 381 g/mol. The number of hydrogen-bond acceptors (Lipinski definition) is 6. The Morgan fingerprint density at radius 3 is 2.68 bits per heavy atom. The molecule has 3 heterocycles. The number of H-pyrrole nitrogens is 1. The molecular formula is C20H24FN7. The average molecular weight is 381 g/mol. The predicted octanol–water partition coefficient (Wildman–Crippen LogP) is 3.32. The topological polar surface area (TPSA) is 96.6 Å². The summed E-state index contributed by atoms with van der Waals surface area (Å²) in [5, 5.41) is 1.01. The number of halogens is 1. The molecule has 0 radical (unpaired) electrons. The number of nitrogens with zero attached hydrogens (tertiary/aromatic N) is 5. The second kappa shape index (κ2) is 8.71. The van der Waals surface area contributed by atoms with E-state index in [1.807, 2.05) is 0 Å². The van der Waals surface area contributed by atoms with Crippen molar-refractivity contribution in [2.75, 3.05) is 19.3 Å². The summed E-state index contributed by atoms with van der Waals surface area (Å²) in [6.07, 6.45) is 3.88. The van der Waals surface area contributed by atoms with Gasteiger partial charge in [-0.3, -0.25) is 4.98 Å². The highest BCUT2D eigenvalue weighted by Gasteiger charge is 2.08. The van der Waals surface area contributed by atoms with Crippen LogP contribution in [0.1, 0.15) is 25.1 Å². The van der Waals surface area contributed by atoms with E-state index in [1.165, 1.54) is 30.4 Å². The molecule has 0 amide bonds. The van der Waals surface area contributed by atoms with Gasteiger partial charge in [-0.25, -0.2) is 19.3 Å². The van der Waals surface area contributed by atoms with Crippen molar-refractivity contribution in [2.24, 2.45) is 0 Å². The Bertz CT molecular complexity index is 1080. The molecule has 0 unspecified atom stereocenters. The maximum atomic E-state index is 13.2. The largest absolute Gasteiger partial charge is 0.382 e. The number of anilines is 1. The smallest absolute Gasteiger partial charge is 0.182 e. The molecule has 4 aromatic rings. The van der Waals surface area contributed by atoms with E-state index < -0.39 is 0 Å². The van der Waals surface area contributed by atoms with Crippen LogP contribution >= 0.6 is 0 Å². The van der Waals surface area contributed by atoms with E-state index in [2.05, 4.69) is 56.8 Å². The zero-order chi connectivity index (χ0) is 20.1. The summed E-state index contributed by atoms with van der Waals surface area (Å²) in [7, 11) is 2.07. The molecule has 0 aliphatic heterocycles. The van der Waals surface area contributed by atoms with Crippen LogP contribution in [0.2, 0.25) is 0 Å². The van der Waals surface area contributed by atoms with Gasteiger partial charge in [0.1, 0.15) is 17.7 Å². The minimum Gasteiger partial charge on any atom is -0.382 e. The zero-order valence-electron chi connectivity index (χ0n) is 16.3. The molecule has 8 heteroatoms. The molecule has 28 heavy (non-hydrogen) atoms. The van der Waals surface area contributed by atoms with E-state index >= 15 is 0 Å². The fourth-order valence-corrected chi connectivity index (χ4v) is 2.82. The summed E-state index contributed by atoms with van der Waals surface area (Å²) in [5.74, 6) is 0.205. The van der Waals surface area contributed by atoms with Crippen LogP contribution in [0.5, 0.6) is 0 Å². The molecule has 0 saturated heterocycles. The zero-order valence-corrected chi connectivity index (χ0v) is 16.3. The van der Waals surface area contributed by atoms with Gasteiger partial charge in [0.05, 0.1) is 17.5 Å². The van der Waals surface area contributed by atoms with Crippen LogP contribution in [0, 0.1) is 5.82 Å². The highest BCUT2D eigenvalue weighted by atomic mass is 19.1. The summed E-state index contributed by atoms with van der Waals surface area (Å²) < 4.78 is 13.2. The van der Waals surface area contributed by atoms with Crippen molar-refractivity contribution >= 4 is 27.9 Å². The van der Waals surface area contributed by atoms with Gasteiger partial charge >= 0.3 is 0 Å². The first kappa shape index (κ1) is 19.6. The third-order valence-corrected chi connectivity index (χ3v) is 4.54. The van der Waals surface area contributed by atoms with Crippen LogP contribution < -0.4 is 5.73 Å². The Balaban J connectivity index is 0.000000188. The first-order chi connectivity index (χ1) is 13.5. The first-order valence-electron chi connectivity index (χ1n) is 9.18. The maximum absolute atomic E-state index is 13.2. The summed E-state index contributed by atoms with van der Waals surface area (Å²) in [6.45, 7) is 6.03. The first-order valence-corrected chi connectivity index (χ1v) is 9.18. The Morgan fingerprint density at radius 1 is 1.14 bits per heavy atom. The van der Waals surface area contributed by atoms with Crippen LogP contribution in [0.25, 0.3) is 22.1 Å². The fraction of sp³-hybridized carbons (Fsp3) is 0.300. The minimum atomic E-state index is -0.228. The van der Waals surface area contributed by atoms with E-state index in [0.29, 0.717) is 17.0 Å². The summed E-state index contributed by atoms with van der Waals surface area (Å²) in [5.41, 5.74) is 9.82. The molecular weight excluding hydrogens is 357 g/mol. The number of rotatable bonds is 4. The van der Waals surface area contributed by atoms with Gasteiger partial charge in [-0.2, -0.15) is 0 Å². The van der Waals surface area contributed by atoms with Crippen molar-refractivity contribution < 1.29 is 4.39 Å². The van der Waals surface area contributed by atoms with Crippen molar-refractivity contribution in [1.29, 1.82) is 0 Å². The summed E-state index contributed by atoms with van der Waals surface area (Å²) in [6, 6.07) is 6.91. The summed E-state index contributed by atoms with van der Waals surface area (Å²) in [4.78, 5) is 21.2. The lowest BCUT2D eigenvalue weighted by atomic mass is 10.1. The van der Waals surface area contributed by atoms with Gasteiger partial charge in [-0.05, 0) is 43.8 Å². The second-order valence-electron chi connectivity index (χ2n) is 6.48. The average Bonchev–Trinajstić information content (AvgIpc) is 3.18. The SMILES string of the molecule is CCc1cc2ccc(F)cc2nc1CN(C)CC.Nc1ncnc2nc[nH]c12. The number of imidazole rings is 1. The molecule has 0 saturated carbocycles.